The molecule has 94 valence electrons. The van der Waals surface area contributed by atoms with Crippen molar-refractivity contribution in [2.75, 3.05) is 19.4 Å². The lowest BCUT2D eigenvalue weighted by Gasteiger charge is -2.03. The van der Waals surface area contributed by atoms with Gasteiger partial charge >= 0.3 is 0 Å². The quantitative estimate of drug-likeness (QED) is 0.328. The number of rotatable bonds is 9. The fourth-order valence-corrected chi connectivity index (χ4v) is 2.30. The molecule has 0 radical (unpaired) electrons. The van der Waals surface area contributed by atoms with E-state index in [1.165, 1.54) is 38.5 Å². The lowest BCUT2D eigenvalue weighted by atomic mass is 10.1. The van der Waals surface area contributed by atoms with Crippen LogP contribution in [0.3, 0.4) is 0 Å². The maximum atomic E-state index is 4.24. The van der Waals surface area contributed by atoms with E-state index < -0.39 is 0 Å². The van der Waals surface area contributed by atoms with Gasteiger partial charge in [0, 0.05) is 19.4 Å². The van der Waals surface area contributed by atoms with Crippen LogP contribution in [0.1, 0.15) is 44.9 Å². The van der Waals surface area contributed by atoms with E-state index in [4.69, 9.17) is 0 Å². The summed E-state index contributed by atoms with van der Waals surface area (Å²) in [5.41, 5.74) is 1.09. The van der Waals surface area contributed by atoms with E-state index in [1.54, 1.807) is 7.05 Å². The van der Waals surface area contributed by atoms with Gasteiger partial charge in [-0.15, -0.1) is 0 Å². The van der Waals surface area contributed by atoms with Crippen molar-refractivity contribution in [3.8, 4) is 0 Å². The molecule has 0 fully saturated rings. The first-order chi connectivity index (χ1) is 7.76. The van der Waals surface area contributed by atoms with Gasteiger partial charge in [0.1, 0.15) is 4.62 Å². The fourth-order valence-electron chi connectivity index (χ4n) is 1.53. The Kier molecular flexibility index (Phi) is 12.0. The first-order valence-corrected chi connectivity index (χ1v) is 7.82. The Morgan fingerprint density at radius 3 is 1.94 bits per heavy atom. The Morgan fingerprint density at radius 1 is 0.875 bits per heavy atom. The molecule has 16 heavy (non-hydrogen) atoms. The number of halogens is 2. The highest BCUT2D eigenvalue weighted by atomic mass is 79.9. The number of hydrogen-bond donors (Lipinski definition) is 0. The van der Waals surface area contributed by atoms with Crippen molar-refractivity contribution in [2.24, 2.45) is 9.98 Å². The van der Waals surface area contributed by atoms with Crippen LogP contribution in [0.15, 0.2) is 9.98 Å². The minimum Gasteiger partial charge on any atom is -0.290 e. The van der Waals surface area contributed by atoms with Gasteiger partial charge in [-0.2, -0.15) is 0 Å². The monoisotopic (exact) mass is 352 g/mol. The van der Waals surface area contributed by atoms with E-state index in [1.807, 2.05) is 7.05 Å². The zero-order chi connectivity index (χ0) is 12.2. The third-order valence-corrected chi connectivity index (χ3v) is 3.87. The summed E-state index contributed by atoms with van der Waals surface area (Å²) in [6, 6.07) is 0. The van der Waals surface area contributed by atoms with Crippen molar-refractivity contribution in [3.63, 3.8) is 0 Å². The molecule has 0 spiro atoms. The van der Waals surface area contributed by atoms with Crippen LogP contribution in [0.2, 0.25) is 0 Å². The van der Waals surface area contributed by atoms with Crippen LogP contribution in [0.25, 0.3) is 0 Å². The fraction of sp³-hybridized carbons (Fsp3) is 0.833. The van der Waals surface area contributed by atoms with Crippen LogP contribution in [0.4, 0.5) is 0 Å². The first-order valence-electron chi connectivity index (χ1n) is 5.90. The van der Waals surface area contributed by atoms with Gasteiger partial charge in [-0.05, 0) is 35.2 Å². The number of nitrogens with zero attached hydrogens (tertiary/aromatic N) is 2. The third-order valence-electron chi connectivity index (χ3n) is 2.50. The molecule has 0 bridgehead atoms. The smallest absolute Gasteiger partial charge is 0.121 e. The van der Waals surface area contributed by atoms with E-state index in [0.717, 1.165) is 22.1 Å². The Bertz CT molecular complexity index is 225. The first kappa shape index (κ1) is 16.3. The van der Waals surface area contributed by atoms with Gasteiger partial charge in [0.05, 0.1) is 5.71 Å². The zero-order valence-corrected chi connectivity index (χ0v) is 13.5. The number of alkyl halides is 1. The van der Waals surface area contributed by atoms with E-state index in [2.05, 4.69) is 41.8 Å². The minimum absolute atomic E-state index is 0.897. The standard InChI is InChI=1S/C12H22Br2N2/c1-15-11(12(14)16-2)9-7-5-3-4-6-8-10-13/h3-10H2,1-2H3. The second kappa shape index (κ2) is 11.8. The van der Waals surface area contributed by atoms with Crippen LogP contribution >= 0.6 is 31.9 Å². The van der Waals surface area contributed by atoms with E-state index in [-0.39, 0.29) is 0 Å². The summed E-state index contributed by atoms with van der Waals surface area (Å²) in [4.78, 5) is 8.34. The molecule has 2 nitrogen and oxygen atoms in total. The molecular formula is C12H22Br2N2. The Morgan fingerprint density at radius 2 is 1.44 bits per heavy atom. The SMILES string of the molecule is CN=C(Br)C(CCCCCCCCBr)=NC. The average molecular weight is 354 g/mol. The second-order valence-electron chi connectivity index (χ2n) is 3.75. The molecule has 0 unspecified atom stereocenters. The number of aliphatic imine (C=N–C) groups is 2. The molecule has 0 heterocycles. The molecule has 0 aliphatic carbocycles. The molecule has 0 atom stereocenters. The topological polar surface area (TPSA) is 24.7 Å². The van der Waals surface area contributed by atoms with Crippen molar-refractivity contribution in [3.05, 3.63) is 0 Å². The third kappa shape index (κ3) is 8.45. The van der Waals surface area contributed by atoms with Crippen molar-refractivity contribution >= 4 is 42.2 Å². The Hall–Kier alpha value is 0.300. The van der Waals surface area contributed by atoms with Crippen LogP contribution in [0, 0.1) is 0 Å². The number of unbranched alkanes of at least 4 members (excludes halogenated alkanes) is 5. The molecule has 0 saturated carbocycles. The van der Waals surface area contributed by atoms with Crippen molar-refractivity contribution in [1.29, 1.82) is 0 Å². The lowest BCUT2D eigenvalue weighted by Crippen LogP contribution is -2.07. The highest BCUT2D eigenvalue weighted by Crippen LogP contribution is 2.10. The summed E-state index contributed by atoms with van der Waals surface area (Å²) in [6.07, 6.45) is 8.89. The van der Waals surface area contributed by atoms with Crippen LogP contribution in [-0.2, 0) is 0 Å². The van der Waals surface area contributed by atoms with Gasteiger partial charge in [0.15, 0.2) is 0 Å². The Balaban J connectivity index is 3.50. The molecular weight excluding hydrogens is 332 g/mol. The molecule has 0 rings (SSSR count). The highest BCUT2D eigenvalue weighted by Gasteiger charge is 2.03. The summed E-state index contributed by atoms with van der Waals surface area (Å²) < 4.78 is 0.897. The van der Waals surface area contributed by atoms with Crippen molar-refractivity contribution in [2.45, 2.75) is 44.9 Å². The molecule has 0 amide bonds. The molecule has 0 saturated heterocycles. The van der Waals surface area contributed by atoms with Crippen LogP contribution in [0.5, 0.6) is 0 Å². The zero-order valence-electron chi connectivity index (χ0n) is 10.3. The maximum Gasteiger partial charge on any atom is 0.121 e. The van der Waals surface area contributed by atoms with Gasteiger partial charge in [0.25, 0.3) is 0 Å². The molecule has 0 aromatic heterocycles. The van der Waals surface area contributed by atoms with Gasteiger partial charge in [-0.25, -0.2) is 0 Å². The van der Waals surface area contributed by atoms with Gasteiger partial charge < -0.3 is 0 Å². The van der Waals surface area contributed by atoms with Gasteiger partial charge in [-0.1, -0.05) is 41.6 Å². The van der Waals surface area contributed by atoms with Crippen molar-refractivity contribution < 1.29 is 0 Å². The van der Waals surface area contributed by atoms with Gasteiger partial charge in [-0.3, -0.25) is 9.98 Å². The van der Waals surface area contributed by atoms with Crippen molar-refractivity contribution in [1.82, 2.24) is 0 Å². The summed E-state index contributed by atoms with van der Waals surface area (Å²) in [5, 5.41) is 1.14. The van der Waals surface area contributed by atoms with Crippen LogP contribution in [-0.4, -0.2) is 29.8 Å². The van der Waals surface area contributed by atoms with Crippen LogP contribution < -0.4 is 0 Å². The summed E-state index contributed by atoms with van der Waals surface area (Å²) >= 11 is 6.87. The lowest BCUT2D eigenvalue weighted by molar-refractivity contribution is 0.619. The maximum absolute atomic E-state index is 4.24. The van der Waals surface area contributed by atoms with E-state index >= 15 is 0 Å². The predicted octanol–water partition coefficient (Wildman–Crippen LogP) is 4.61. The van der Waals surface area contributed by atoms with E-state index in [0.29, 0.717) is 0 Å². The highest BCUT2D eigenvalue weighted by molar-refractivity contribution is 9.19. The molecule has 0 aliphatic heterocycles. The average Bonchev–Trinajstić information content (AvgIpc) is 2.32. The molecule has 4 heteroatoms. The summed E-state index contributed by atoms with van der Waals surface area (Å²) in [6.45, 7) is 0. The minimum atomic E-state index is 0.897. The number of hydrogen-bond acceptors (Lipinski definition) is 2. The summed E-state index contributed by atoms with van der Waals surface area (Å²) in [5.74, 6) is 0. The molecule has 0 aromatic carbocycles. The largest absolute Gasteiger partial charge is 0.290 e. The molecule has 0 aromatic rings. The predicted molar refractivity (Wildman–Crippen MR) is 81.8 cm³/mol. The van der Waals surface area contributed by atoms with E-state index in [9.17, 15) is 0 Å². The Labute approximate surface area is 116 Å². The summed E-state index contributed by atoms with van der Waals surface area (Å²) in [7, 11) is 3.62. The molecule has 0 aliphatic rings. The van der Waals surface area contributed by atoms with Gasteiger partial charge in [0.2, 0.25) is 0 Å². The molecule has 0 N–H and O–H groups in total. The second-order valence-corrected chi connectivity index (χ2v) is 5.29. The normalized spacial score (nSPS) is 13.2.